The van der Waals surface area contributed by atoms with Crippen LogP contribution >= 0.6 is 11.6 Å². The van der Waals surface area contributed by atoms with Gasteiger partial charge in [-0.05, 0) is 118 Å². The summed E-state index contributed by atoms with van der Waals surface area (Å²) in [7, 11) is 1.64. The molecule has 59 heavy (non-hydrogen) atoms. The number of likely N-dealkylation sites (tertiary alicyclic amines) is 1. The molecule has 3 aromatic carbocycles. The fourth-order valence-electron chi connectivity index (χ4n) is 8.72. The molecule has 0 spiro atoms. The van der Waals surface area contributed by atoms with E-state index in [9.17, 15) is 22.8 Å². The molecule has 1 atom stereocenters. The molecule has 0 unspecified atom stereocenters. The van der Waals surface area contributed by atoms with Gasteiger partial charge in [-0.1, -0.05) is 11.6 Å². The summed E-state index contributed by atoms with van der Waals surface area (Å²) < 4.78 is 52.8. The Kier molecular flexibility index (Phi) is 13.2. The van der Waals surface area contributed by atoms with Crippen LogP contribution in [0.2, 0.25) is 5.02 Å². The zero-order chi connectivity index (χ0) is 41.8. The Bertz CT molecular complexity index is 2110. The first-order chi connectivity index (χ1) is 28.2. The number of hydrogen-bond acceptors (Lipinski definition) is 9. The first kappa shape index (κ1) is 42.5. The van der Waals surface area contributed by atoms with E-state index in [1.807, 2.05) is 21.9 Å². The van der Waals surface area contributed by atoms with Gasteiger partial charge in [0.1, 0.15) is 17.4 Å². The predicted octanol–water partition coefficient (Wildman–Crippen LogP) is 8.11. The van der Waals surface area contributed by atoms with Gasteiger partial charge in [0.2, 0.25) is 5.91 Å². The standard InChI is InChI=1S/C44H53ClF3N7O4/c1-27(32-22-33(44(46,47)48)24-35(49)23-32)50-41-38-25-37(40(58-3)26-39(38)51-28(2)52-41)29-4-6-30(7-5-29)43(57)55-18-16-53(17-19-55)20-21-59-36-12-14-54(15-13-36)42(56)31-8-10-34(45)11-9-31/h8-11,22-27,29-30,36H,4-7,12-21,49H2,1-3H3,(H,50,51,52)/t27-,29?,30?/m1/s1. The van der Waals surface area contributed by atoms with E-state index in [0.29, 0.717) is 71.8 Å². The Morgan fingerprint density at radius 3 is 2.27 bits per heavy atom. The zero-order valence-corrected chi connectivity index (χ0v) is 34.6. The summed E-state index contributed by atoms with van der Waals surface area (Å²) in [6, 6.07) is 14.0. The van der Waals surface area contributed by atoms with Crippen molar-refractivity contribution >= 4 is 45.8 Å². The molecule has 1 aromatic heterocycles. The van der Waals surface area contributed by atoms with Crippen molar-refractivity contribution in [3.63, 3.8) is 0 Å². The Balaban J connectivity index is 0.891. The minimum absolute atomic E-state index is 0.0275. The monoisotopic (exact) mass is 835 g/mol. The summed E-state index contributed by atoms with van der Waals surface area (Å²) in [5, 5.41) is 4.68. The number of nitrogen functional groups attached to an aromatic ring is 1. The fraction of sp³-hybridized carbons (Fsp3) is 0.500. The number of nitrogens with one attached hydrogen (secondary N) is 1. The van der Waals surface area contributed by atoms with Gasteiger partial charge in [-0.15, -0.1) is 0 Å². The number of aromatic nitrogens is 2. The summed E-state index contributed by atoms with van der Waals surface area (Å²) in [6.45, 7) is 9.33. The number of piperazine rings is 1. The van der Waals surface area contributed by atoms with Gasteiger partial charge in [-0.3, -0.25) is 14.5 Å². The molecule has 316 valence electrons. The maximum absolute atomic E-state index is 13.7. The third-order valence-corrected chi connectivity index (χ3v) is 12.4. The van der Waals surface area contributed by atoms with Crippen LogP contribution in [0.1, 0.15) is 90.3 Å². The van der Waals surface area contributed by atoms with Gasteiger partial charge < -0.3 is 30.3 Å². The highest BCUT2D eigenvalue weighted by Crippen LogP contribution is 2.43. The van der Waals surface area contributed by atoms with E-state index in [1.165, 1.54) is 6.07 Å². The smallest absolute Gasteiger partial charge is 0.416 e. The average molecular weight is 836 g/mol. The number of benzene rings is 3. The van der Waals surface area contributed by atoms with E-state index >= 15 is 0 Å². The van der Waals surface area contributed by atoms with Crippen LogP contribution in [0.5, 0.6) is 5.75 Å². The number of anilines is 2. The van der Waals surface area contributed by atoms with E-state index in [-0.39, 0.29) is 35.4 Å². The number of fused-ring (bicyclic) bond motifs is 1. The Hall–Kier alpha value is -4.66. The van der Waals surface area contributed by atoms with Crippen LogP contribution in [0.4, 0.5) is 24.7 Å². The number of nitrogens with two attached hydrogens (primary N) is 1. The average Bonchev–Trinajstić information content (AvgIpc) is 3.23. The number of amides is 2. The second-order valence-corrected chi connectivity index (χ2v) is 16.5. The van der Waals surface area contributed by atoms with Crippen molar-refractivity contribution in [3.8, 4) is 5.75 Å². The van der Waals surface area contributed by atoms with E-state index in [4.69, 9.17) is 26.8 Å². The molecule has 4 aromatic rings. The van der Waals surface area contributed by atoms with Gasteiger partial charge in [0, 0.05) is 79.5 Å². The second-order valence-electron chi connectivity index (χ2n) is 16.1. The predicted molar refractivity (Wildman–Crippen MR) is 223 cm³/mol. The molecular weight excluding hydrogens is 783 g/mol. The number of alkyl halides is 3. The number of methoxy groups -OCH3 is 1. The first-order valence-electron chi connectivity index (χ1n) is 20.5. The molecule has 15 heteroatoms. The molecule has 7 rings (SSSR count). The molecule has 1 aliphatic carbocycles. The summed E-state index contributed by atoms with van der Waals surface area (Å²) in [5.74, 6) is 2.11. The molecule has 3 aliphatic rings. The van der Waals surface area contributed by atoms with Crippen molar-refractivity contribution in [1.29, 1.82) is 0 Å². The number of hydrogen-bond donors (Lipinski definition) is 2. The van der Waals surface area contributed by atoms with Gasteiger partial charge in [0.25, 0.3) is 5.91 Å². The number of carbonyl (C=O) groups is 2. The molecule has 3 heterocycles. The van der Waals surface area contributed by atoms with Crippen molar-refractivity contribution in [3.05, 3.63) is 87.7 Å². The minimum atomic E-state index is -4.52. The van der Waals surface area contributed by atoms with E-state index < -0.39 is 17.8 Å². The van der Waals surface area contributed by atoms with Crippen molar-refractivity contribution in [2.24, 2.45) is 5.92 Å². The third kappa shape index (κ3) is 10.2. The van der Waals surface area contributed by atoms with Crippen LogP contribution in [-0.2, 0) is 15.7 Å². The number of halogens is 4. The largest absolute Gasteiger partial charge is 0.496 e. The SMILES string of the molecule is COc1cc2nc(C)nc(N[C@H](C)c3cc(N)cc(C(F)(F)F)c3)c2cc1C1CCC(C(=O)N2CCN(CCOC3CCN(C(=O)c4ccc(Cl)cc4)CC3)CC2)CC1. The molecular formula is C44H53ClF3N7O4. The highest BCUT2D eigenvalue weighted by Gasteiger charge is 2.34. The quantitative estimate of drug-likeness (QED) is 0.144. The molecule has 1 saturated carbocycles. The molecule has 3 N–H and O–H groups in total. The van der Waals surface area contributed by atoms with Gasteiger partial charge in [0.05, 0.1) is 36.9 Å². The zero-order valence-electron chi connectivity index (χ0n) is 33.9. The number of nitrogens with zero attached hydrogens (tertiary/aromatic N) is 5. The number of rotatable bonds is 11. The normalized spacial score (nSPS) is 20.1. The molecule has 2 amide bonds. The van der Waals surface area contributed by atoms with Crippen LogP contribution in [0.25, 0.3) is 10.9 Å². The lowest BCUT2D eigenvalue weighted by Gasteiger charge is -2.38. The van der Waals surface area contributed by atoms with Gasteiger partial charge in [0.15, 0.2) is 0 Å². The van der Waals surface area contributed by atoms with E-state index in [0.717, 1.165) is 81.2 Å². The van der Waals surface area contributed by atoms with Crippen LogP contribution in [0.3, 0.4) is 0 Å². The van der Waals surface area contributed by atoms with E-state index in [1.54, 1.807) is 45.2 Å². The molecule has 0 bridgehead atoms. The lowest BCUT2D eigenvalue weighted by Crippen LogP contribution is -2.51. The number of carbonyl (C=O) groups excluding carboxylic acids is 2. The van der Waals surface area contributed by atoms with Gasteiger partial charge in [-0.25, -0.2) is 9.97 Å². The number of piperidine rings is 1. The molecule has 2 saturated heterocycles. The van der Waals surface area contributed by atoms with Crippen molar-refractivity contribution in [2.45, 2.75) is 76.6 Å². The summed E-state index contributed by atoms with van der Waals surface area (Å²) in [6.07, 6.45) is 0.414. The lowest BCUT2D eigenvalue weighted by atomic mass is 9.77. The van der Waals surface area contributed by atoms with Gasteiger partial charge >= 0.3 is 6.18 Å². The Morgan fingerprint density at radius 1 is 0.915 bits per heavy atom. The van der Waals surface area contributed by atoms with E-state index in [2.05, 4.69) is 20.2 Å². The number of aryl methyl sites for hydroxylation is 1. The van der Waals surface area contributed by atoms with Crippen LogP contribution in [0.15, 0.2) is 54.6 Å². The highest BCUT2D eigenvalue weighted by atomic mass is 35.5. The van der Waals surface area contributed by atoms with Crippen molar-refractivity contribution < 1.29 is 32.2 Å². The Labute approximate surface area is 348 Å². The lowest BCUT2D eigenvalue weighted by molar-refractivity contribution is -0.139. The fourth-order valence-corrected chi connectivity index (χ4v) is 8.85. The minimum Gasteiger partial charge on any atom is -0.496 e. The third-order valence-electron chi connectivity index (χ3n) is 12.1. The molecule has 11 nitrogen and oxygen atoms in total. The second kappa shape index (κ2) is 18.3. The van der Waals surface area contributed by atoms with Crippen LogP contribution in [0, 0.1) is 12.8 Å². The Morgan fingerprint density at radius 2 is 1.61 bits per heavy atom. The van der Waals surface area contributed by atoms with Gasteiger partial charge in [-0.2, -0.15) is 13.2 Å². The summed E-state index contributed by atoms with van der Waals surface area (Å²) in [5.41, 5.74) is 7.81. The summed E-state index contributed by atoms with van der Waals surface area (Å²) >= 11 is 5.97. The van der Waals surface area contributed by atoms with Crippen molar-refractivity contribution in [2.75, 3.05) is 70.6 Å². The molecule has 2 aliphatic heterocycles. The highest BCUT2D eigenvalue weighted by molar-refractivity contribution is 6.30. The van der Waals surface area contributed by atoms with Crippen LogP contribution in [-0.4, -0.2) is 102 Å². The maximum atomic E-state index is 13.7. The van der Waals surface area contributed by atoms with Crippen molar-refractivity contribution in [1.82, 2.24) is 24.7 Å². The first-order valence-corrected chi connectivity index (χ1v) is 20.9. The topological polar surface area (TPSA) is 126 Å². The van der Waals surface area contributed by atoms with Crippen LogP contribution < -0.4 is 15.8 Å². The number of ether oxygens (including phenoxy) is 2. The molecule has 3 fully saturated rings. The molecule has 0 radical (unpaired) electrons. The maximum Gasteiger partial charge on any atom is 0.416 e. The summed E-state index contributed by atoms with van der Waals surface area (Å²) in [4.78, 5) is 42.1.